The van der Waals surface area contributed by atoms with Crippen LogP contribution in [0, 0.1) is 10.8 Å². The van der Waals surface area contributed by atoms with Crippen molar-refractivity contribution in [3.63, 3.8) is 0 Å². The van der Waals surface area contributed by atoms with Gasteiger partial charge in [-0.25, -0.2) is 28.1 Å². The van der Waals surface area contributed by atoms with Gasteiger partial charge in [0, 0.05) is 31.0 Å². The van der Waals surface area contributed by atoms with Gasteiger partial charge < -0.3 is 18.9 Å². The second-order valence-corrected chi connectivity index (χ2v) is 9.14. The van der Waals surface area contributed by atoms with Crippen LogP contribution in [0.2, 0.25) is 0 Å². The van der Waals surface area contributed by atoms with Crippen molar-refractivity contribution in [2.75, 3.05) is 39.6 Å². The Morgan fingerprint density at radius 1 is 0.781 bits per heavy atom. The second-order valence-electron chi connectivity index (χ2n) is 9.14. The van der Waals surface area contributed by atoms with Gasteiger partial charge in [0.2, 0.25) is 0 Å². The lowest BCUT2D eigenvalue weighted by Gasteiger charge is -2.37. The van der Waals surface area contributed by atoms with E-state index >= 15 is 0 Å². The molecule has 2 saturated heterocycles. The maximum absolute atomic E-state index is 12.7. The SMILES string of the molecule is Cn1c(=O)n(CCC(=O)OCC2(C)COC2)c(=O)n(CCC(=O)OCC2(C)COC2)c1=O. The summed E-state index contributed by atoms with van der Waals surface area (Å²) >= 11 is 0. The fourth-order valence-electron chi connectivity index (χ4n) is 3.26. The molecule has 0 aliphatic carbocycles. The van der Waals surface area contributed by atoms with Gasteiger partial charge >= 0.3 is 29.0 Å². The molecule has 12 nitrogen and oxygen atoms in total. The van der Waals surface area contributed by atoms with E-state index in [0.717, 1.165) is 13.7 Å². The van der Waals surface area contributed by atoms with Crippen molar-refractivity contribution in [3.8, 4) is 0 Å². The zero-order chi connectivity index (χ0) is 23.5. The van der Waals surface area contributed by atoms with Gasteiger partial charge in [0.05, 0.1) is 39.3 Å². The molecule has 0 unspecified atom stereocenters. The third-order valence-corrected chi connectivity index (χ3v) is 5.54. The number of hydrogen-bond acceptors (Lipinski definition) is 9. The molecule has 178 valence electrons. The highest BCUT2D eigenvalue weighted by Gasteiger charge is 2.35. The minimum atomic E-state index is -0.891. The van der Waals surface area contributed by atoms with E-state index < -0.39 is 29.0 Å². The smallest absolute Gasteiger partial charge is 0.336 e. The average molecular weight is 455 g/mol. The van der Waals surface area contributed by atoms with Crippen molar-refractivity contribution in [3.05, 3.63) is 31.5 Å². The molecule has 3 heterocycles. The Balaban J connectivity index is 1.61. The van der Waals surface area contributed by atoms with Crippen LogP contribution in [0.1, 0.15) is 26.7 Å². The molecule has 0 amide bonds. The molecule has 0 N–H and O–H groups in total. The van der Waals surface area contributed by atoms with Crippen LogP contribution in [-0.4, -0.2) is 65.3 Å². The lowest BCUT2D eigenvalue weighted by molar-refractivity contribution is -0.166. The number of esters is 2. The van der Waals surface area contributed by atoms with Crippen LogP contribution in [0.5, 0.6) is 0 Å². The maximum Gasteiger partial charge on any atom is 0.336 e. The first kappa shape index (κ1) is 23.9. The molecule has 1 aromatic heterocycles. The fraction of sp³-hybridized carbons (Fsp3) is 0.750. The normalized spacial score (nSPS) is 18.3. The zero-order valence-electron chi connectivity index (χ0n) is 18.6. The lowest BCUT2D eigenvalue weighted by atomic mass is 9.90. The van der Waals surface area contributed by atoms with Crippen LogP contribution >= 0.6 is 0 Å². The van der Waals surface area contributed by atoms with Crippen molar-refractivity contribution in [1.82, 2.24) is 13.7 Å². The molecule has 0 aromatic carbocycles. The number of carbonyl (C=O) groups is 2. The third kappa shape index (κ3) is 5.36. The molecule has 0 saturated carbocycles. The van der Waals surface area contributed by atoms with E-state index in [0.29, 0.717) is 26.4 Å². The fourth-order valence-corrected chi connectivity index (χ4v) is 3.26. The molecular weight excluding hydrogens is 426 g/mol. The molecular formula is C20H29N3O9. The van der Waals surface area contributed by atoms with Gasteiger partial charge in [-0.05, 0) is 0 Å². The van der Waals surface area contributed by atoms with E-state index in [4.69, 9.17) is 18.9 Å². The quantitative estimate of drug-likeness (QED) is 0.392. The Labute approximate surface area is 183 Å². The largest absolute Gasteiger partial charge is 0.465 e. The number of aromatic nitrogens is 3. The summed E-state index contributed by atoms with van der Waals surface area (Å²) in [6.45, 7) is 5.72. The van der Waals surface area contributed by atoms with Crippen molar-refractivity contribution in [1.29, 1.82) is 0 Å². The number of nitrogens with zero attached hydrogens (tertiary/aromatic N) is 3. The molecule has 0 atom stereocenters. The predicted molar refractivity (Wildman–Crippen MR) is 109 cm³/mol. The predicted octanol–water partition coefficient (Wildman–Crippen LogP) is -1.35. The van der Waals surface area contributed by atoms with Gasteiger partial charge in [-0.1, -0.05) is 13.8 Å². The standard InChI is InChI=1S/C20H29N3O9/c1-19(8-29-9-19)12-31-14(24)4-6-22-16(26)21(3)17(27)23(18(22)28)7-5-15(25)32-13-20(2)10-30-11-20/h4-13H2,1-3H3. The minimum absolute atomic E-state index is 0.186. The second kappa shape index (κ2) is 9.41. The van der Waals surface area contributed by atoms with Gasteiger partial charge in [0.1, 0.15) is 13.2 Å². The van der Waals surface area contributed by atoms with Gasteiger partial charge in [0.25, 0.3) is 0 Å². The number of ether oxygens (including phenoxy) is 4. The molecule has 3 rings (SSSR count). The van der Waals surface area contributed by atoms with Crippen LogP contribution in [0.4, 0.5) is 0 Å². The van der Waals surface area contributed by atoms with Crippen molar-refractivity contribution in [2.45, 2.75) is 39.8 Å². The molecule has 0 bridgehead atoms. The Hall–Kier alpha value is -2.73. The molecule has 12 heteroatoms. The van der Waals surface area contributed by atoms with Crippen molar-refractivity contribution in [2.24, 2.45) is 17.9 Å². The Kier molecular flexibility index (Phi) is 7.03. The third-order valence-electron chi connectivity index (χ3n) is 5.54. The van der Waals surface area contributed by atoms with Crippen molar-refractivity contribution < 1.29 is 28.5 Å². The molecule has 2 fully saturated rings. The minimum Gasteiger partial charge on any atom is -0.465 e. The van der Waals surface area contributed by atoms with Crippen LogP contribution in [0.25, 0.3) is 0 Å². The van der Waals surface area contributed by atoms with E-state index in [1.165, 1.54) is 7.05 Å². The van der Waals surface area contributed by atoms with E-state index in [-0.39, 0.29) is 50.0 Å². The van der Waals surface area contributed by atoms with Gasteiger partial charge in [-0.3, -0.25) is 9.59 Å². The first-order valence-electron chi connectivity index (χ1n) is 10.4. The summed E-state index contributed by atoms with van der Waals surface area (Å²) in [6, 6.07) is 0. The van der Waals surface area contributed by atoms with E-state index in [9.17, 15) is 24.0 Å². The van der Waals surface area contributed by atoms with Crippen molar-refractivity contribution >= 4 is 11.9 Å². The highest BCUT2D eigenvalue weighted by molar-refractivity contribution is 5.69. The summed E-state index contributed by atoms with van der Waals surface area (Å²) in [5, 5.41) is 0. The summed E-state index contributed by atoms with van der Waals surface area (Å²) in [6.07, 6.45) is -0.431. The van der Waals surface area contributed by atoms with Gasteiger partial charge in [0.15, 0.2) is 0 Å². The lowest BCUT2D eigenvalue weighted by Crippen LogP contribution is -2.54. The summed E-state index contributed by atoms with van der Waals surface area (Å²) in [7, 11) is 1.22. The van der Waals surface area contributed by atoms with Gasteiger partial charge in [-0.2, -0.15) is 0 Å². The van der Waals surface area contributed by atoms with E-state index in [1.54, 1.807) is 0 Å². The van der Waals surface area contributed by atoms with Crippen LogP contribution in [0.3, 0.4) is 0 Å². The highest BCUT2D eigenvalue weighted by Crippen LogP contribution is 2.27. The zero-order valence-corrected chi connectivity index (χ0v) is 18.6. The van der Waals surface area contributed by atoms with Crippen LogP contribution < -0.4 is 17.1 Å². The molecule has 0 radical (unpaired) electrons. The van der Waals surface area contributed by atoms with E-state index in [1.807, 2.05) is 13.8 Å². The monoisotopic (exact) mass is 455 g/mol. The first-order valence-corrected chi connectivity index (χ1v) is 10.4. The van der Waals surface area contributed by atoms with E-state index in [2.05, 4.69) is 0 Å². The molecule has 1 aromatic rings. The Bertz CT molecular complexity index is 966. The number of rotatable bonds is 10. The summed E-state index contributed by atoms with van der Waals surface area (Å²) in [5.41, 5.74) is -3.01. The Morgan fingerprint density at radius 2 is 1.16 bits per heavy atom. The highest BCUT2D eigenvalue weighted by atomic mass is 16.6. The molecule has 0 spiro atoms. The van der Waals surface area contributed by atoms with Crippen LogP contribution in [0.15, 0.2) is 14.4 Å². The maximum atomic E-state index is 12.7. The summed E-state index contributed by atoms with van der Waals surface area (Å²) in [5.74, 6) is -1.14. The van der Waals surface area contributed by atoms with Gasteiger partial charge in [-0.15, -0.1) is 0 Å². The van der Waals surface area contributed by atoms with Crippen LogP contribution in [-0.2, 0) is 48.7 Å². The summed E-state index contributed by atoms with van der Waals surface area (Å²) in [4.78, 5) is 61.5. The Morgan fingerprint density at radius 3 is 1.47 bits per heavy atom. The molecule has 2 aliphatic heterocycles. The molecule has 32 heavy (non-hydrogen) atoms. The molecule has 2 aliphatic rings. The first-order chi connectivity index (χ1) is 15.0. The number of hydrogen-bond donors (Lipinski definition) is 0. The average Bonchev–Trinajstić information content (AvgIpc) is 2.71. The number of carbonyl (C=O) groups excluding carboxylic acids is 2. The topological polar surface area (TPSA) is 137 Å². The summed E-state index contributed by atoms with van der Waals surface area (Å²) < 4.78 is 22.9.